The Hall–Kier alpha value is -2.91. The fourth-order valence-electron chi connectivity index (χ4n) is 3.82. The monoisotopic (exact) mass is 431 g/mol. The minimum atomic E-state index is -2.53. The van der Waals surface area contributed by atoms with E-state index in [1.54, 1.807) is 42.5 Å². The molecule has 0 saturated heterocycles. The SMILES string of the molecule is CCOc1cc([C@@H](C(C)S(=O)[O-])N2C(=O)c3ccccc3C2C(N)=O)ccc1OC. The number of hydrogen-bond donors (Lipinski definition) is 1. The molecule has 0 radical (unpaired) electrons. The van der Waals surface area contributed by atoms with Gasteiger partial charge in [0.05, 0.1) is 19.8 Å². The van der Waals surface area contributed by atoms with Gasteiger partial charge in [0, 0.05) is 10.8 Å². The van der Waals surface area contributed by atoms with Crippen molar-refractivity contribution >= 4 is 22.9 Å². The maximum atomic E-state index is 13.2. The molecular weight excluding hydrogens is 408 g/mol. The Balaban J connectivity index is 2.18. The number of primary amides is 1. The molecule has 0 spiro atoms. The maximum absolute atomic E-state index is 13.2. The van der Waals surface area contributed by atoms with Crippen LogP contribution in [-0.4, -0.2) is 44.4 Å². The van der Waals surface area contributed by atoms with Gasteiger partial charge in [-0.1, -0.05) is 24.3 Å². The van der Waals surface area contributed by atoms with Crippen LogP contribution in [0.5, 0.6) is 11.5 Å². The van der Waals surface area contributed by atoms with Gasteiger partial charge in [-0.05, 0) is 54.3 Å². The second-order valence-corrected chi connectivity index (χ2v) is 8.12. The van der Waals surface area contributed by atoms with Crippen LogP contribution in [0.2, 0.25) is 0 Å². The summed E-state index contributed by atoms with van der Waals surface area (Å²) in [6, 6.07) is 9.52. The second-order valence-electron chi connectivity index (χ2n) is 6.86. The van der Waals surface area contributed by atoms with Crippen LogP contribution in [0.4, 0.5) is 0 Å². The number of methoxy groups -OCH3 is 1. The van der Waals surface area contributed by atoms with E-state index in [1.807, 2.05) is 6.92 Å². The first-order valence-electron chi connectivity index (χ1n) is 9.41. The first-order valence-corrected chi connectivity index (χ1v) is 10.5. The van der Waals surface area contributed by atoms with Crippen LogP contribution < -0.4 is 15.2 Å². The highest BCUT2D eigenvalue weighted by Gasteiger charge is 2.46. The molecule has 1 heterocycles. The first-order chi connectivity index (χ1) is 14.3. The number of ether oxygens (including phenoxy) is 2. The van der Waals surface area contributed by atoms with E-state index in [0.717, 1.165) is 0 Å². The largest absolute Gasteiger partial charge is 0.772 e. The van der Waals surface area contributed by atoms with E-state index < -0.39 is 40.2 Å². The summed E-state index contributed by atoms with van der Waals surface area (Å²) >= 11 is -2.53. The Labute approximate surface area is 177 Å². The number of nitrogens with zero attached hydrogens (tertiary/aromatic N) is 1. The number of fused-ring (bicyclic) bond motifs is 1. The molecule has 0 aliphatic carbocycles. The van der Waals surface area contributed by atoms with Crippen LogP contribution >= 0.6 is 0 Å². The molecule has 0 saturated carbocycles. The van der Waals surface area contributed by atoms with Gasteiger partial charge in [-0.15, -0.1) is 0 Å². The van der Waals surface area contributed by atoms with E-state index in [9.17, 15) is 18.4 Å². The van der Waals surface area contributed by atoms with Gasteiger partial charge in [-0.25, -0.2) is 0 Å². The Morgan fingerprint density at radius 1 is 1.27 bits per heavy atom. The van der Waals surface area contributed by atoms with Gasteiger partial charge in [0.15, 0.2) is 11.5 Å². The predicted molar refractivity (Wildman–Crippen MR) is 110 cm³/mol. The van der Waals surface area contributed by atoms with Crippen LogP contribution in [0.3, 0.4) is 0 Å². The summed E-state index contributed by atoms with van der Waals surface area (Å²) in [7, 11) is 1.49. The lowest BCUT2D eigenvalue weighted by Gasteiger charge is -2.37. The minimum Gasteiger partial charge on any atom is -0.772 e. The van der Waals surface area contributed by atoms with Crippen molar-refractivity contribution in [2.45, 2.75) is 31.2 Å². The molecule has 3 rings (SSSR count). The van der Waals surface area contributed by atoms with Gasteiger partial charge in [-0.2, -0.15) is 0 Å². The molecule has 0 aromatic heterocycles. The van der Waals surface area contributed by atoms with Crippen molar-refractivity contribution in [1.29, 1.82) is 0 Å². The van der Waals surface area contributed by atoms with Crippen LogP contribution in [-0.2, 0) is 15.9 Å². The smallest absolute Gasteiger partial charge is 0.255 e. The number of carbonyl (C=O) groups excluding carboxylic acids is 2. The molecule has 1 aliphatic rings. The van der Waals surface area contributed by atoms with Crippen molar-refractivity contribution < 1.29 is 27.8 Å². The molecule has 0 bridgehead atoms. The highest BCUT2D eigenvalue weighted by Crippen LogP contribution is 2.43. The fourth-order valence-corrected chi connectivity index (χ4v) is 4.32. The Morgan fingerprint density at radius 2 is 1.97 bits per heavy atom. The van der Waals surface area contributed by atoms with Crippen LogP contribution in [0.15, 0.2) is 42.5 Å². The average molecular weight is 431 g/mol. The fraction of sp³-hybridized carbons (Fsp3) is 0.333. The molecule has 30 heavy (non-hydrogen) atoms. The number of amides is 2. The molecule has 160 valence electrons. The second kappa shape index (κ2) is 8.85. The average Bonchev–Trinajstić information content (AvgIpc) is 3.01. The van der Waals surface area contributed by atoms with Crippen molar-refractivity contribution in [2.75, 3.05) is 13.7 Å². The van der Waals surface area contributed by atoms with Gasteiger partial charge in [0.2, 0.25) is 5.91 Å². The Bertz CT molecular complexity index is 995. The maximum Gasteiger partial charge on any atom is 0.255 e. The molecule has 2 aromatic rings. The van der Waals surface area contributed by atoms with E-state index in [1.165, 1.54) is 18.9 Å². The van der Waals surface area contributed by atoms with E-state index in [2.05, 4.69) is 0 Å². The Kier molecular flexibility index (Phi) is 6.42. The molecule has 9 heteroatoms. The molecule has 2 aromatic carbocycles. The summed E-state index contributed by atoms with van der Waals surface area (Å²) < 4.78 is 34.8. The normalized spacial score (nSPS) is 18.5. The number of carbonyl (C=O) groups is 2. The summed E-state index contributed by atoms with van der Waals surface area (Å²) in [5, 5.41) is -1.02. The topological polar surface area (TPSA) is 122 Å². The van der Waals surface area contributed by atoms with E-state index >= 15 is 0 Å². The summed E-state index contributed by atoms with van der Waals surface area (Å²) in [6.45, 7) is 3.65. The van der Waals surface area contributed by atoms with Crippen molar-refractivity contribution in [3.8, 4) is 11.5 Å². The third-order valence-electron chi connectivity index (χ3n) is 5.14. The zero-order chi connectivity index (χ0) is 22.0. The summed E-state index contributed by atoms with van der Waals surface area (Å²) in [5.41, 5.74) is 6.93. The van der Waals surface area contributed by atoms with Crippen molar-refractivity contribution in [3.63, 3.8) is 0 Å². The lowest BCUT2D eigenvalue weighted by molar-refractivity contribution is -0.123. The highest BCUT2D eigenvalue weighted by atomic mass is 32.2. The predicted octanol–water partition coefficient (Wildman–Crippen LogP) is 2.08. The Morgan fingerprint density at radius 3 is 2.57 bits per heavy atom. The molecule has 8 nitrogen and oxygen atoms in total. The standard InChI is InChI=1S/C21H24N2O6S/c1-4-29-17-11-13(9-10-16(17)28-3)18(12(2)30(26)27)23-19(20(22)24)14-7-5-6-8-15(14)21(23)25/h5-12,18-19H,4H2,1-3H3,(H2,22,24)(H,26,27)/p-1/t12?,18-,19?/m1/s1. The van der Waals surface area contributed by atoms with Gasteiger partial charge in [0.25, 0.3) is 5.91 Å². The van der Waals surface area contributed by atoms with Gasteiger partial charge >= 0.3 is 0 Å². The zero-order valence-corrected chi connectivity index (χ0v) is 17.7. The quantitative estimate of drug-likeness (QED) is 0.639. The summed E-state index contributed by atoms with van der Waals surface area (Å²) in [4.78, 5) is 26.9. The van der Waals surface area contributed by atoms with Crippen molar-refractivity contribution in [3.05, 3.63) is 59.2 Å². The lowest BCUT2D eigenvalue weighted by atomic mass is 9.99. The zero-order valence-electron chi connectivity index (χ0n) is 16.9. The van der Waals surface area contributed by atoms with E-state index in [-0.39, 0.29) is 0 Å². The van der Waals surface area contributed by atoms with Gasteiger partial charge in [0.1, 0.15) is 6.04 Å². The molecule has 0 fully saturated rings. The van der Waals surface area contributed by atoms with Crippen LogP contribution in [0, 0.1) is 0 Å². The molecule has 4 atom stereocenters. The van der Waals surface area contributed by atoms with Crippen LogP contribution in [0.25, 0.3) is 0 Å². The number of rotatable bonds is 8. The third kappa shape index (κ3) is 3.78. The lowest BCUT2D eigenvalue weighted by Crippen LogP contribution is -2.43. The van der Waals surface area contributed by atoms with E-state index in [0.29, 0.717) is 34.8 Å². The van der Waals surface area contributed by atoms with Gasteiger partial charge < -0.3 is 24.7 Å². The number of nitrogens with two attached hydrogens (primary N) is 1. The summed E-state index contributed by atoms with van der Waals surface area (Å²) in [5.74, 6) is -0.310. The van der Waals surface area contributed by atoms with Crippen molar-refractivity contribution in [2.24, 2.45) is 5.73 Å². The molecular formula is C21H23N2O6S-. The first kappa shape index (κ1) is 21.8. The number of hydrogen-bond acceptors (Lipinski definition) is 6. The molecule has 3 unspecified atom stereocenters. The van der Waals surface area contributed by atoms with E-state index in [4.69, 9.17) is 15.2 Å². The van der Waals surface area contributed by atoms with Crippen LogP contribution in [0.1, 0.15) is 47.4 Å². The highest BCUT2D eigenvalue weighted by molar-refractivity contribution is 7.79. The summed E-state index contributed by atoms with van der Waals surface area (Å²) in [6.07, 6.45) is 0. The van der Waals surface area contributed by atoms with Gasteiger partial charge in [-0.3, -0.25) is 13.8 Å². The minimum absolute atomic E-state index is 0.328. The number of benzene rings is 2. The molecule has 2 amide bonds. The third-order valence-corrected chi connectivity index (χ3v) is 6.01. The molecule has 1 aliphatic heterocycles. The molecule has 2 N–H and O–H groups in total. The van der Waals surface area contributed by atoms with Crippen molar-refractivity contribution in [1.82, 2.24) is 4.90 Å².